The van der Waals surface area contributed by atoms with Crippen molar-refractivity contribution in [2.75, 3.05) is 53.4 Å². The number of nitriles is 1. The van der Waals surface area contributed by atoms with E-state index in [2.05, 4.69) is 15.9 Å². The van der Waals surface area contributed by atoms with Crippen LogP contribution in [-0.2, 0) is 4.79 Å². The third kappa shape index (κ3) is 6.92. The van der Waals surface area contributed by atoms with Crippen molar-refractivity contribution in [3.8, 4) is 6.07 Å². The van der Waals surface area contributed by atoms with Gasteiger partial charge in [0.1, 0.15) is 0 Å². The van der Waals surface area contributed by atoms with E-state index >= 15 is 0 Å². The average Bonchev–Trinajstić information content (AvgIpc) is 2.64. The molecule has 0 unspecified atom stereocenters. The lowest BCUT2D eigenvalue weighted by Crippen LogP contribution is -2.38. The number of rotatable bonds is 6. The number of amides is 1. The summed E-state index contributed by atoms with van der Waals surface area (Å²) in [5.74, 6) is 0.180. The zero-order chi connectivity index (χ0) is 15.9. The largest absolute Gasteiger partial charge is 0.348 e. The summed E-state index contributed by atoms with van der Waals surface area (Å²) in [6.07, 6.45) is 3.13. The van der Waals surface area contributed by atoms with E-state index in [9.17, 15) is 4.79 Å². The van der Waals surface area contributed by atoms with E-state index in [0.29, 0.717) is 6.54 Å². The van der Waals surface area contributed by atoms with E-state index in [0.717, 1.165) is 52.0 Å². The van der Waals surface area contributed by atoms with Crippen molar-refractivity contribution < 1.29 is 4.79 Å². The SMILES string of the molecule is CN(C)C(=O)CN1CCCN(CCCC(C)(C)C#N)CC1. The number of hydrogen-bond donors (Lipinski definition) is 0. The van der Waals surface area contributed by atoms with Crippen LogP contribution >= 0.6 is 0 Å². The van der Waals surface area contributed by atoms with Gasteiger partial charge in [-0.2, -0.15) is 5.26 Å². The fraction of sp³-hybridized carbons (Fsp3) is 0.875. The number of likely N-dealkylation sites (N-methyl/N-ethyl adjacent to an activating group) is 1. The zero-order valence-corrected chi connectivity index (χ0v) is 14.1. The normalized spacial score (nSPS) is 18.0. The highest BCUT2D eigenvalue weighted by Gasteiger charge is 2.19. The summed E-state index contributed by atoms with van der Waals surface area (Å²) in [5, 5.41) is 9.03. The second-order valence-electron chi connectivity index (χ2n) is 6.86. The minimum atomic E-state index is -0.212. The molecule has 21 heavy (non-hydrogen) atoms. The van der Waals surface area contributed by atoms with Gasteiger partial charge in [-0.3, -0.25) is 9.69 Å². The quantitative estimate of drug-likeness (QED) is 0.743. The highest BCUT2D eigenvalue weighted by atomic mass is 16.2. The van der Waals surface area contributed by atoms with Crippen LogP contribution in [0.2, 0.25) is 0 Å². The standard InChI is InChI=1S/C16H30N4O/c1-16(2,14-17)7-5-8-19-9-6-10-20(12-11-19)13-15(21)18(3)4/h5-13H2,1-4H3. The van der Waals surface area contributed by atoms with Crippen molar-refractivity contribution in [3.63, 3.8) is 0 Å². The van der Waals surface area contributed by atoms with Crippen LogP contribution in [0, 0.1) is 16.7 Å². The summed E-state index contributed by atoms with van der Waals surface area (Å²) in [5.41, 5.74) is -0.212. The third-order valence-corrected chi connectivity index (χ3v) is 4.12. The highest BCUT2D eigenvalue weighted by Crippen LogP contribution is 2.20. The van der Waals surface area contributed by atoms with E-state index in [1.165, 1.54) is 0 Å². The molecule has 0 N–H and O–H groups in total. The Balaban J connectivity index is 2.30. The molecule has 5 nitrogen and oxygen atoms in total. The Kier molecular flexibility index (Phi) is 7.13. The van der Waals surface area contributed by atoms with Crippen LogP contribution in [-0.4, -0.2) is 74.0 Å². The molecule has 0 aliphatic carbocycles. The van der Waals surface area contributed by atoms with Crippen LogP contribution in [0.3, 0.4) is 0 Å². The molecule has 1 heterocycles. The second kappa shape index (κ2) is 8.35. The number of hydrogen-bond acceptors (Lipinski definition) is 4. The second-order valence-corrected chi connectivity index (χ2v) is 6.86. The van der Waals surface area contributed by atoms with Gasteiger partial charge in [0, 0.05) is 27.2 Å². The van der Waals surface area contributed by atoms with Gasteiger partial charge in [0.15, 0.2) is 0 Å². The van der Waals surface area contributed by atoms with E-state index in [4.69, 9.17) is 5.26 Å². The Morgan fingerprint density at radius 1 is 1.19 bits per heavy atom. The number of carbonyl (C=O) groups is 1. The van der Waals surface area contributed by atoms with Gasteiger partial charge >= 0.3 is 0 Å². The van der Waals surface area contributed by atoms with Crippen LogP contribution in [0.1, 0.15) is 33.1 Å². The smallest absolute Gasteiger partial charge is 0.236 e. The molecule has 1 saturated heterocycles. The van der Waals surface area contributed by atoms with Gasteiger partial charge in [-0.1, -0.05) is 0 Å². The molecule has 5 heteroatoms. The number of carbonyl (C=O) groups excluding carboxylic acids is 1. The number of nitrogens with zero attached hydrogens (tertiary/aromatic N) is 4. The minimum Gasteiger partial charge on any atom is -0.348 e. The monoisotopic (exact) mass is 294 g/mol. The molecule has 120 valence electrons. The Bertz CT molecular complexity index is 373. The average molecular weight is 294 g/mol. The molecule has 0 spiro atoms. The summed E-state index contributed by atoms with van der Waals surface area (Å²) >= 11 is 0. The lowest BCUT2D eigenvalue weighted by Gasteiger charge is -2.23. The Morgan fingerprint density at radius 2 is 1.81 bits per heavy atom. The molecule has 0 aromatic rings. The zero-order valence-electron chi connectivity index (χ0n) is 14.1. The first kappa shape index (κ1) is 17.9. The fourth-order valence-electron chi connectivity index (χ4n) is 2.54. The van der Waals surface area contributed by atoms with Crippen molar-refractivity contribution in [2.24, 2.45) is 5.41 Å². The molecule has 1 aliphatic heterocycles. The van der Waals surface area contributed by atoms with Crippen LogP contribution in [0.5, 0.6) is 0 Å². The molecule has 1 amide bonds. The first-order valence-electron chi connectivity index (χ1n) is 7.90. The van der Waals surface area contributed by atoms with E-state index in [-0.39, 0.29) is 11.3 Å². The predicted molar refractivity (Wildman–Crippen MR) is 84.8 cm³/mol. The molecule has 1 rings (SSSR count). The maximum Gasteiger partial charge on any atom is 0.236 e. The van der Waals surface area contributed by atoms with E-state index in [1.54, 1.807) is 4.90 Å². The van der Waals surface area contributed by atoms with Crippen molar-refractivity contribution in [3.05, 3.63) is 0 Å². The van der Waals surface area contributed by atoms with Crippen molar-refractivity contribution in [1.82, 2.24) is 14.7 Å². The van der Waals surface area contributed by atoms with Gasteiger partial charge in [0.05, 0.1) is 18.0 Å². The van der Waals surface area contributed by atoms with Crippen molar-refractivity contribution in [2.45, 2.75) is 33.1 Å². The fourth-order valence-corrected chi connectivity index (χ4v) is 2.54. The molecule has 0 radical (unpaired) electrons. The van der Waals surface area contributed by atoms with Crippen LogP contribution in [0.15, 0.2) is 0 Å². The lowest BCUT2D eigenvalue weighted by atomic mass is 9.90. The van der Waals surface area contributed by atoms with E-state index in [1.807, 2.05) is 27.9 Å². The maximum absolute atomic E-state index is 11.8. The highest BCUT2D eigenvalue weighted by molar-refractivity contribution is 5.77. The predicted octanol–water partition coefficient (Wildman–Crippen LogP) is 1.41. The summed E-state index contributed by atoms with van der Waals surface area (Å²) in [4.78, 5) is 18.1. The van der Waals surface area contributed by atoms with Crippen molar-refractivity contribution in [1.29, 1.82) is 5.26 Å². The minimum absolute atomic E-state index is 0.180. The van der Waals surface area contributed by atoms with Crippen LogP contribution in [0.25, 0.3) is 0 Å². The first-order valence-corrected chi connectivity index (χ1v) is 7.90. The summed E-state index contributed by atoms with van der Waals surface area (Å²) in [6, 6.07) is 2.36. The molecule has 0 bridgehead atoms. The van der Waals surface area contributed by atoms with Gasteiger partial charge in [0.2, 0.25) is 5.91 Å². The summed E-state index contributed by atoms with van der Waals surface area (Å²) in [7, 11) is 3.62. The van der Waals surface area contributed by atoms with Gasteiger partial charge in [-0.25, -0.2) is 0 Å². The van der Waals surface area contributed by atoms with Crippen LogP contribution < -0.4 is 0 Å². The van der Waals surface area contributed by atoms with Crippen molar-refractivity contribution >= 4 is 5.91 Å². The molecule has 0 atom stereocenters. The third-order valence-electron chi connectivity index (χ3n) is 4.12. The topological polar surface area (TPSA) is 50.6 Å². The Hall–Kier alpha value is -1.12. The summed E-state index contributed by atoms with van der Waals surface area (Å²) in [6.45, 7) is 9.67. The molecule has 1 fully saturated rings. The molecule has 0 saturated carbocycles. The Morgan fingerprint density at radius 3 is 2.43 bits per heavy atom. The van der Waals surface area contributed by atoms with Crippen LogP contribution in [0.4, 0.5) is 0 Å². The van der Waals surface area contributed by atoms with Gasteiger partial charge in [-0.05, 0) is 52.7 Å². The summed E-state index contributed by atoms with van der Waals surface area (Å²) < 4.78 is 0. The Labute approximate surface area is 129 Å². The van der Waals surface area contributed by atoms with Gasteiger partial charge in [-0.15, -0.1) is 0 Å². The molecular weight excluding hydrogens is 264 g/mol. The van der Waals surface area contributed by atoms with Gasteiger partial charge < -0.3 is 9.80 Å². The van der Waals surface area contributed by atoms with Gasteiger partial charge in [0.25, 0.3) is 0 Å². The maximum atomic E-state index is 11.8. The molecular formula is C16H30N4O. The first-order chi connectivity index (χ1) is 9.84. The molecule has 1 aliphatic rings. The molecule has 0 aromatic heterocycles. The van der Waals surface area contributed by atoms with E-state index < -0.39 is 0 Å². The molecule has 0 aromatic carbocycles. The lowest BCUT2D eigenvalue weighted by molar-refractivity contribution is -0.129.